The number of ether oxygens (including phenoxy) is 3. The van der Waals surface area contributed by atoms with Crippen molar-refractivity contribution in [3.8, 4) is 0 Å². The van der Waals surface area contributed by atoms with Gasteiger partial charge in [-0.2, -0.15) is 0 Å². The first-order chi connectivity index (χ1) is 10.7. The fraction of sp³-hybridized carbons (Fsp3) is 0.778. The molecule has 0 fully saturated rings. The van der Waals surface area contributed by atoms with Crippen LogP contribution < -0.4 is 0 Å². The number of unbranched alkanes of at least 4 members (excludes halogenated alkanes) is 2. The van der Waals surface area contributed by atoms with Gasteiger partial charge in [0.2, 0.25) is 0 Å². The topological polar surface area (TPSA) is 61.8 Å². The normalized spacial score (nSPS) is 11.6. The Hall–Kier alpha value is -1.20. The molecule has 0 aromatic heterocycles. The zero-order valence-corrected chi connectivity index (χ0v) is 15.3. The van der Waals surface area contributed by atoms with E-state index in [1.807, 2.05) is 13.8 Å². The molecule has 0 heterocycles. The molecule has 0 saturated carbocycles. The van der Waals surface area contributed by atoms with E-state index in [1.165, 1.54) is 0 Å². The number of rotatable bonds is 13. The quantitative estimate of drug-likeness (QED) is 0.294. The van der Waals surface area contributed by atoms with Gasteiger partial charge in [0.05, 0.1) is 12.7 Å². The minimum atomic E-state index is -0.857. The van der Waals surface area contributed by atoms with Crippen LogP contribution in [-0.4, -0.2) is 43.3 Å². The summed E-state index contributed by atoms with van der Waals surface area (Å²) < 4.78 is 15.9. The lowest BCUT2D eigenvalue weighted by Crippen LogP contribution is -2.36. The number of hydrogen-bond donors (Lipinski definition) is 0. The van der Waals surface area contributed by atoms with Gasteiger partial charge >= 0.3 is 5.97 Å². The molecule has 0 aliphatic heterocycles. The van der Waals surface area contributed by atoms with Gasteiger partial charge in [0, 0.05) is 18.6 Å². The van der Waals surface area contributed by atoms with Gasteiger partial charge in [-0.25, -0.2) is 4.79 Å². The van der Waals surface area contributed by atoms with Gasteiger partial charge < -0.3 is 14.2 Å². The van der Waals surface area contributed by atoms with Crippen molar-refractivity contribution >= 4 is 11.8 Å². The number of Topliss-reactive ketones (excluding diaryl/α,β-unsaturated/α-hetero) is 1. The second-order valence-corrected chi connectivity index (χ2v) is 6.43. The summed E-state index contributed by atoms with van der Waals surface area (Å²) in [7, 11) is 0. The molecule has 0 aromatic rings. The van der Waals surface area contributed by atoms with Crippen LogP contribution in [0.25, 0.3) is 0 Å². The largest absolute Gasteiger partial charge is 0.460 e. The standard InChI is InChI=1S/C18H32O5/c1-14(2)17(20)22-12-13-23-18(5,6)16(19)10-8-7-9-11-21-15(3)4/h15H,1,7-13H2,2-6H3. The number of hydrogen-bond acceptors (Lipinski definition) is 5. The van der Waals surface area contributed by atoms with Crippen molar-refractivity contribution in [2.45, 2.75) is 72.0 Å². The fourth-order valence-corrected chi connectivity index (χ4v) is 1.82. The van der Waals surface area contributed by atoms with Gasteiger partial charge in [0.1, 0.15) is 12.2 Å². The summed E-state index contributed by atoms with van der Waals surface area (Å²) in [6.07, 6.45) is 3.50. The van der Waals surface area contributed by atoms with E-state index >= 15 is 0 Å². The monoisotopic (exact) mass is 328 g/mol. The molecule has 5 heteroatoms. The maximum Gasteiger partial charge on any atom is 0.333 e. The SMILES string of the molecule is C=C(C)C(=O)OCCOC(C)(C)C(=O)CCCCCOC(C)C. The summed E-state index contributed by atoms with van der Waals surface area (Å²) in [6, 6.07) is 0. The zero-order valence-electron chi connectivity index (χ0n) is 15.3. The summed E-state index contributed by atoms with van der Waals surface area (Å²) in [5.41, 5.74) is -0.508. The van der Waals surface area contributed by atoms with Crippen LogP contribution in [0.2, 0.25) is 0 Å². The third kappa shape index (κ3) is 11.0. The van der Waals surface area contributed by atoms with E-state index in [9.17, 15) is 9.59 Å². The lowest BCUT2D eigenvalue weighted by Gasteiger charge is -2.23. The third-order valence-electron chi connectivity index (χ3n) is 3.30. The lowest BCUT2D eigenvalue weighted by molar-refractivity contribution is -0.147. The summed E-state index contributed by atoms with van der Waals surface area (Å²) in [5.74, 6) is -0.380. The minimum absolute atomic E-state index is 0.0634. The first-order valence-electron chi connectivity index (χ1n) is 8.28. The van der Waals surface area contributed by atoms with E-state index in [1.54, 1.807) is 20.8 Å². The number of carbonyl (C=O) groups is 2. The maximum atomic E-state index is 12.2. The third-order valence-corrected chi connectivity index (χ3v) is 3.30. The molecule has 0 spiro atoms. The van der Waals surface area contributed by atoms with Crippen molar-refractivity contribution in [2.75, 3.05) is 19.8 Å². The molecule has 0 rings (SSSR count). The molecule has 0 saturated heterocycles. The van der Waals surface area contributed by atoms with Crippen molar-refractivity contribution in [3.05, 3.63) is 12.2 Å². The van der Waals surface area contributed by atoms with Crippen molar-refractivity contribution in [2.24, 2.45) is 0 Å². The highest BCUT2D eigenvalue weighted by molar-refractivity contribution is 5.87. The molecule has 0 aromatic carbocycles. The van der Waals surface area contributed by atoms with Crippen molar-refractivity contribution in [1.29, 1.82) is 0 Å². The number of esters is 1. The van der Waals surface area contributed by atoms with Crippen LogP contribution in [0.1, 0.15) is 60.3 Å². The maximum absolute atomic E-state index is 12.2. The van der Waals surface area contributed by atoms with Gasteiger partial charge in [-0.05, 0) is 47.5 Å². The van der Waals surface area contributed by atoms with E-state index in [4.69, 9.17) is 14.2 Å². The highest BCUT2D eigenvalue weighted by Gasteiger charge is 2.27. The second kappa shape index (κ2) is 11.4. The summed E-state index contributed by atoms with van der Waals surface area (Å²) in [4.78, 5) is 23.4. The van der Waals surface area contributed by atoms with E-state index in [0.717, 1.165) is 25.9 Å². The Kier molecular flexibility index (Phi) is 10.8. The molecule has 5 nitrogen and oxygen atoms in total. The van der Waals surface area contributed by atoms with Crippen molar-refractivity contribution in [1.82, 2.24) is 0 Å². The van der Waals surface area contributed by atoms with Gasteiger partial charge in [-0.3, -0.25) is 4.79 Å². The Morgan fingerprint density at radius 1 is 1.04 bits per heavy atom. The molecule has 134 valence electrons. The van der Waals surface area contributed by atoms with Gasteiger partial charge in [-0.1, -0.05) is 13.0 Å². The Morgan fingerprint density at radius 2 is 1.70 bits per heavy atom. The smallest absolute Gasteiger partial charge is 0.333 e. The fourth-order valence-electron chi connectivity index (χ4n) is 1.82. The molecular weight excluding hydrogens is 296 g/mol. The van der Waals surface area contributed by atoms with Crippen LogP contribution in [-0.2, 0) is 23.8 Å². The molecule has 0 aliphatic rings. The van der Waals surface area contributed by atoms with Crippen molar-refractivity contribution < 1.29 is 23.8 Å². The van der Waals surface area contributed by atoms with Gasteiger partial charge in [-0.15, -0.1) is 0 Å². The highest BCUT2D eigenvalue weighted by Crippen LogP contribution is 2.15. The Morgan fingerprint density at radius 3 is 2.26 bits per heavy atom. The van der Waals surface area contributed by atoms with Crippen LogP contribution in [0.15, 0.2) is 12.2 Å². The van der Waals surface area contributed by atoms with Crippen LogP contribution in [0.3, 0.4) is 0 Å². The average Bonchev–Trinajstić information content (AvgIpc) is 2.46. The first-order valence-corrected chi connectivity index (χ1v) is 8.28. The summed E-state index contributed by atoms with van der Waals surface area (Å²) >= 11 is 0. The van der Waals surface area contributed by atoms with Crippen LogP contribution in [0, 0.1) is 0 Å². The van der Waals surface area contributed by atoms with E-state index in [2.05, 4.69) is 6.58 Å². The molecule has 23 heavy (non-hydrogen) atoms. The van der Waals surface area contributed by atoms with Gasteiger partial charge in [0.15, 0.2) is 5.78 Å². The van der Waals surface area contributed by atoms with E-state index < -0.39 is 11.6 Å². The summed E-state index contributed by atoms with van der Waals surface area (Å²) in [5, 5.41) is 0. The zero-order chi connectivity index (χ0) is 17.9. The van der Waals surface area contributed by atoms with E-state index in [-0.39, 0.29) is 25.1 Å². The highest BCUT2D eigenvalue weighted by atomic mass is 16.6. The predicted octanol–water partition coefficient (Wildman–Crippen LogP) is 3.46. The summed E-state index contributed by atoms with van der Waals surface area (Å²) in [6.45, 7) is 13.7. The molecule has 0 amide bonds. The molecule has 0 atom stereocenters. The van der Waals surface area contributed by atoms with Crippen LogP contribution in [0.4, 0.5) is 0 Å². The number of carbonyl (C=O) groups excluding carboxylic acids is 2. The van der Waals surface area contributed by atoms with E-state index in [0.29, 0.717) is 12.0 Å². The molecular formula is C18H32O5. The minimum Gasteiger partial charge on any atom is -0.460 e. The molecule has 0 aliphatic carbocycles. The van der Waals surface area contributed by atoms with Crippen LogP contribution in [0.5, 0.6) is 0 Å². The van der Waals surface area contributed by atoms with Crippen molar-refractivity contribution in [3.63, 3.8) is 0 Å². The second-order valence-electron chi connectivity index (χ2n) is 6.43. The van der Waals surface area contributed by atoms with Gasteiger partial charge in [0.25, 0.3) is 0 Å². The molecule has 0 unspecified atom stereocenters. The lowest BCUT2D eigenvalue weighted by atomic mass is 9.98. The molecule has 0 N–H and O–H groups in total. The Labute approximate surface area is 140 Å². The number of ketones is 1. The average molecular weight is 328 g/mol. The van der Waals surface area contributed by atoms with Crippen LogP contribution >= 0.6 is 0 Å². The predicted molar refractivity (Wildman–Crippen MR) is 90.4 cm³/mol. The molecule has 0 radical (unpaired) electrons. The Bertz CT molecular complexity index is 385. The first kappa shape index (κ1) is 21.8. The molecule has 0 bridgehead atoms. The Balaban J connectivity index is 3.83.